The highest BCUT2D eigenvalue weighted by molar-refractivity contribution is 5.95. The summed E-state index contributed by atoms with van der Waals surface area (Å²) in [5.41, 5.74) is 3.12. The first kappa shape index (κ1) is 19.7. The van der Waals surface area contributed by atoms with Crippen LogP contribution in [-0.4, -0.2) is 30.5 Å². The molecule has 1 heterocycles. The molecule has 0 radical (unpaired) electrons. The van der Waals surface area contributed by atoms with Crippen molar-refractivity contribution in [2.45, 2.75) is 32.7 Å². The van der Waals surface area contributed by atoms with E-state index in [1.165, 1.54) is 0 Å². The van der Waals surface area contributed by atoms with Gasteiger partial charge in [0.15, 0.2) is 0 Å². The Morgan fingerprint density at radius 3 is 2.39 bits per heavy atom. The van der Waals surface area contributed by atoms with E-state index in [4.69, 9.17) is 9.47 Å². The van der Waals surface area contributed by atoms with Gasteiger partial charge in [0.2, 0.25) is 5.91 Å². The first-order chi connectivity index (χ1) is 13.5. The van der Waals surface area contributed by atoms with Crippen LogP contribution in [0.4, 0.5) is 0 Å². The van der Waals surface area contributed by atoms with Crippen molar-refractivity contribution in [1.29, 1.82) is 0 Å². The van der Waals surface area contributed by atoms with Crippen LogP contribution in [-0.2, 0) is 20.9 Å². The summed E-state index contributed by atoms with van der Waals surface area (Å²) in [6.45, 7) is 4.31. The normalized spacial score (nSPS) is 16.9. The topological polar surface area (TPSA) is 55.8 Å². The molecule has 5 heteroatoms. The molecule has 0 N–H and O–H groups in total. The van der Waals surface area contributed by atoms with Crippen LogP contribution in [0.3, 0.4) is 0 Å². The number of allylic oxidation sites excluding steroid dienone is 1. The maximum absolute atomic E-state index is 13.0. The molecule has 28 heavy (non-hydrogen) atoms. The minimum Gasteiger partial charge on any atom is -0.497 e. The number of amides is 1. The van der Waals surface area contributed by atoms with Gasteiger partial charge in [-0.2, -0.15) is 0 Å². The standard InChI is InChI=1S/C23H25NO4/c1-4-28-23(26)22-16(2)24(15-17-10-12-19(27-3)13-11-17)21(25)14-20(22)18-8-6-5-7-9-18/h5-13,20H,4,14-15H2,1-3H3. The largest absolute Gasteiger partial charge is 0.497 e. The highest BCUT2D eigenvalue weighted by Gasteiger charge is 2.36. The molecule has 0 bridgehead atoms. The molecule has 0 spiro atoms. The molecule has 0 saturated carbocycles. The van der Waals surface area contributed by atoms with Crippen molar-refractivity contribution in [2.24, 2.45) is 0 Å². The summed E-state index contributed by atoms with van der Waals surface area (Å²) in [6, 6.07) is 17.2. The van der Waals surface area contributed by atoms with Gasteiger partial charge in [0.1, 0.15) is 5.75 Å². The zero-order valence-corrected chi connectivity index (χ0v) is 16.5. The molecule has 1 unspecified atom stereocenters. The number of methoxy groups -OCH3 is 1. The van der Waals surface area contributed by atoms with Gasteiger partial charge in [-0.15, -0.1) is 0 Å². The fraction of sp³-hybridized carbons (Fsp3) is 0.304. The second kappa shape index (κ2) is 8.74. The molecule has 3 rings (SSSR count). The van der Waals surface area contributed by atoms with Gasteiger partial charge in [-0.1, -0.05) is 42.5 Å². The molecule has 0 aliphatic carbocycles. The van der Waals surface area contributed by atoms with Crippen molar-refractivity contribution in [3.8, 4) is 5.75 Å². The first-order valence-corrected chi connectivity index (χ1v) is 9.41. The van der Waals surface area contributed by atoms with Crippen LogP contribution >= 0.6 is 0 Å². The zero-order valence-electron chi connectivity index (χ0n) is 16.5. The van der Waals surface area contributed by atoms with Gasteiger partial charge in [-0.05, 0) is 37.1 Å². The van der Waals surface area contributed by atoms with Crippen LogP contribution in [0.25, 0.3) is 0 Å². The average molecular weight is 379 g/mol. The lowest BCUT2D eigenvalue weighted by molar-refractivity contribution is -0.140. The number of esters is 1. The molecule has 2 aromatic rings. The number of ether oxygens (including phenoxy) is 2. The van der Waals surface area contributed by atoms with Gasteiger partial charge in [0, 0.05) is 18.0 Å². The number of hydrogen-bond donors (Lipinski definition) is 0. The lowest BCUT2D eigenvalue weighted by atomic mass is 9.83. The maximum atomic E-state index is 13.0. The molecule has 2 aromatic carbocycles. The van der Waals surface area contributed by atoms with Crippen LogP contribution in [0.1, 0.15) is 37.3 Å². The van der Waals surface area contributed by atoms with Crippen LogP contribution in [0.5, 0.6) is 5.75 Å². The van der Waals surface area contributed by atoms with Crippen LogP contribution in [0.2, 0.25) is 0 Å². The summed E-state index contributed by atoms with van der Waals surface area (Å²) < 4.78 is 10.5. The molecule has 1 aliphatic heterocycles. The number of benzene rings is 2. The Morgan fingerprint density at radius 1 is 1.11 bits per heavy atom. The molecular weight excluding hydrogens is 354 g/mol. The summed E-state index contributed by atoms with van der Waals surface area (Å²) in [5, 5.41) is 0. The molecule has 1 aliphatic rings. The van der Waals surface area contributed by atoms with Crippen LogP contribution in [0, 0.1) is 0 Å². The summed E-state index contributed by atoms with van der Waals surface area (Å²) in [4.78, 5) is 27.4. The molecular formula is C23H25NO4. The predicted molar refractivity (Wildman–Crippen MR) is 107 cm³/mol. The summed E-state index contributed by atoms with van der Waals surface area (Å²) in [5.74, 6) is 0.105. The summed E-state index contributed by atoms with van der Waals surface area (Å²) in [6.07, 6.45) is 0.242. The van der Waals surface area contributed by atoms with Crippen molar-refractivity contribution < 1.29 is 19.1 Å². The van der Waals surface area contributed by atoms with Gasteiger partial charge in [0.25, 0.3) is 0 Å². The van der Waals surface area contributed by atoms with E-state index in [1.54, 1.807) is 18.9 Å². The molecule has 5 nitrogen and oxygen atoms in total. The highest BCUT2D eigenvalue weighted by atomic mass is 16.5. The summed E-state index contributed by atoms with van der Waals surface area (Å²) >= 11 is 0. The number of nitrogens with zero attached hydrogens (tertiary/aromatic N) is 1. The van der Waals surface area contributed by atoms with Crippen molar-refractivity contribution in [3.05, 3.63) is 77.0 Å². The first-order valence-electron chi connectivity index (χ1n) is 9.41. The molecule has 1 amide bonds. The van der Waals surface area contributed by atoms with Crippen molar-refractivity contribution >= 4 is 11.9 Å². The van der Waals surface area contributed by atoms with E-state index >= 15 is 0 Å². The van der Waals surface area contributed by atoms with E-state index in [0.29, 0.717) is 24.4 Å². The Bertz CT molecular complexity index is 871. The molecule has 0 aromatic heterocycles. The van der Waals surface area contributed by atoms with E-state index in [9.17, 15) is 9.59 Å². The summed E-state index contributed by atoms with van der Waals surface area (Å²) in [7, 11) is 1.62. The van der Waals surface area contributed by atoms with Crippen LogP contribution in [0.15, 0.2) is 65.9 Å². The smallest absolute Gasteiger partial charge is 0.336 e. The van der Waals surface area contributed by atoms with E-state index < -0.39 is 0 Å². The monoisotopic (exact) mass is 379 g/mol. The number of rotatable bonds is 6. The lowest BCUT2D eigenvalue weighted by Gasteiger charge is -2.34. The average Bonchev–Trinajstić information content (AvgIpc) is 2.72. The number of hydrogen-bond acceptors (Lipinski definition) is 4. The Morgan fingerprint density at radius 2 is 1.79 bits per heavy atom. The number of carbonyl (C=O) groups is 2. The SMILES string of the molecule is CCOC(=O)C1=C(C)N(Cc2ccc(OC)cc2)C(=O)CC1c1ccccc1. The lowest BCUT2D eigenvalue weighted by Crippen LogP contribution is -2.38. The van der Waals surface area contributed by atoms with Crippen molar-refractivity contribution in [1.82, 2.24) is 4.90 Å². The van der Waals surface area contributed by atoms with Gasteiger partial charge in [0.05, 0.1) is 25.8 Å². The van der Waals surface area contributed by atoms with E-state index in [2.05, 4.69) is 0 Å². The van der Waals surface area contributed by atoms with Crippen molar-refractivity contribution in [3.63, 3.8) is 0 Å². The Balaban J connectivity index is 1.97. The third-order valence-corrected chi connectivity index (χ3v) is 5.02. The van der Waals surface area contributed by atoms with Gasteiger partial charge >= 0.3 is 5.97 Å². The van der Waals surface area contributed by atoms with Gasteiger partial charge in [-0.25, -0.2) is 4.79 Å². The number of carbonyl (C=O) groups excluding carboxylic acids is 2. The third-order valence-electron chi connectivity index (χ3n) is 5.02. The van der Waals surface area contributed by atoms with Crippen LogP contribution < -0.4 is 4.74 Å². The quantitative estimate of drug-likeness (QED) is 0.711. The molecule has 0 fully saturated rings. The Hall–Kier alpha value is -3.08. The van der Waals surface area contributed by atoms with Gasteiger partial charge < -0.3 is 14.4 Å². The van der Waals surface area contributed by atoms with Crippen molar-refractivity contribution in [2.75, 3.05) is 13.7 Å². The second-order valence-electron chi connectivity index (χ2n) is 6.71. The molecule has 1 atom stereocenters. The third kappa shape index (κ3) is 4.09. The fourth-order valence-corrected chi connectivity index (χ4v) is 3.56. The maximum Gasteiger partial charge on any atom is 0.336 e. The van der Waals surface area contributed by atoms with Gasteiger partial charge in [-0.3, -0.25) is 4.79 Å². The fourth-order valence-electron chi connectivity index (χ4n) is 3.56. The molecule has 146 valence electrons. The van der Waals surface area contributed by atoms with E-state index in [-0.39, 0.29) is 24.2 Å². The minimum absolute atomic E-state index is 0.00443. The molecule has 0 saturated heterocycles. The Kier molecular flexibility index (Phi) is 6.14. The minimum atomic E-state index is -0.360. The predicted octanol–water partition coefficient (Wildman–Crippen LogP) is 4.05. The van der Waals surface area contributed by atoms with E-state index in [1.807, 2.05) is 61.5 Å². The van der Waals surface area contributed by atoms with E-state index in [0.717, 1.165) is 16.9 Å². The second-order valence-corrected chi connectivity index (χ2v) is 6.71. The zero-order chi connectivity index (χ0) is 20.1. The highest BCUT2D eigenvalue weighted by Crippen LogP contribution is 2.37. The Labute approximate surface area is 165 Å².